The summed E-state index contributed by atoms with van der Waals surface area (Å²) < 4.78 is 0. The monoisotopic (exact) mass is 219 g/mol. The summed E-state index contributed by atoms with van der Waals surface area (Å²) in [5.41, 5.74) is 0.0332. The van der Waals surface area contributed by atoms with Crippen LogP contribution in [0, 0.1) is 0 Å². The van der Waals surface area contributed by atoms with E-state index in [0.29, 0.717) is 0 Å². The number of aromatic hydroxyl groups is 4. The van der Waals surface area contributed by atoms with Gasteiger partial charge < -0.3 is 20.4 Å². The zero-order valence-corrected chi connectivity index (χ0v) is 8.18. The summed E-state index contributed by atoms with van der Waals surface area (Å²) in [7, 11) is 0. The van der Waals surface area contributed by atoms with Crippen LogP contribution < -0.4 is 0 Å². The lowest BCUT2D eigenvalue weighted by atomic mass is 10.1. The fourth-order valence-corrected chi connectivity index (χ4v) is 1.60. The Bertz CT molecular complexity index is 592. The fraction of sp³-hybridized carbons (Fsp3) is 0. The maximum Gasteiger partial charge on any atom is 0.153 e. The van der Waals surface area contributed by atoms with E-state index in [1.165, 1.54) is 12.1 Å². The van der Waals surface area contributed by atoms with Gasteiger partial charge in [-0.1, -0.05) is 0 Å². The Morgan fingerprint density at radius 1 is 0.875 bits per heavy atom. The van der Waals surface area contributed by atoms with Gasteiger partial charge in [0.05, 0.1) is 10.8 Å². The minimum atomic E-state index is -0.337. The number of hydrogen-bond donors (Lipinski definition) is 4. The molecule has 5 heteroatoms. The van der Waals surface area contributed by atoms with E-state index in [1.807, 2.05) is 0 Å². The maximum absolute atomic E-state index is 9.76. The number of nitrogens with zero attached hydrogens (tertiary/aromatic N) is 1. The number of phenols is 4. The van der Waals surface area contributed by atoms with Gasteiger partial charge in [-0.3, -0.25) is 4.99 Å². The number of benzene rings is 2. The van der Waals surface area contributed by atoms with Crippen LogP contribution in [0.4, 0.5) is 5.69 Å². The van der Waals surface area contributed by atoms with Gasteiger partial charge in [-0.25, -0.2) is 0 Å². The first-order valence-electron chi connectivity index (χ1n) is 4.42. The summed E-state index contributed by atoms with van der Waals surface area (Å²) in [5, 5.41) is 38.4. The van der Waals surface area contributed by atoms with E-state index in [0.717, 1.165) is 6.07 Å². The van der Waals surface area contributed by atoms with Gasteiger partial charge in [-0.05, 0) is 18.9 Å². The van der Waals surface area contributed by atoms with Gasteiger partial charge in [0.2, 0.25) is 0 Å². The zero-order chi connectivity index (χ0) is 11.9. The van der Waals surface area contributed by atoms with Crippen LogP contribution in [-0.2, 0) is 0 Å². The van der Waals surface area contributed by atoms with Crippen LogP contribution in [0.15, 0.2) is 23.2 Å². The van der Waals surface area contributed by atoms with E-state index in [2.05, 4.69) is 11.7 Å². The summed E-state index contributed by atoms with van der Waals surface area (Å²) >= 11 is 0. The van der Waals surface area contributed by atoms with Crippen molar-refractivity contribution in [2.45, 2.75) is 0 Å². The van der Waals surface area contributed by atoms with Crippen molar-refractivity contribution >= 4 is 23.2 Å². The van der Waals surface area contributed by atoms with Crippen LogP contribution >= 0.6 is 0 Å². The Morgan fingerprint density at radius 2 is 1.44 bits per heavy atom. The number of phenolic OH excluding ortho intramolecular Hbond substituents is 4. The molecule has 0 unspecified atom stereocenters. The molecular formula is C11H9NO4. The van der Waals surface area contributed by atoms with Gasteiger partial charge in [-0.15, -0.1) is 0 Å². The summed E-state index contributed by atoms with van der Waals surface area (Å²) in [6.07, 6.45) is 0. The van der Waals surface area contributed by atoms with E-state index in [-0.39, 0.29) is 39.5 Å². The molecule has 5 nitrogen and oxygen atoms in total. The van der Waals surface area contributed by atoms with Gasteiger partial charge >= 0.3 is 0 Å². The average molecular weight is 219 g/mol. The molecule has 0 aliphatic heterocycles. The molecule has 2 rings (SSSR count). The molecule has 0 bridgehead atoms. The standard InChI is InChI=1S/C11H9NO4/c1-12-5-4-8(15)9-6(13)2-3-7(14)10(9)11(5)16/h2-4,13-16H,1H2. The van der Waals surface area contributed by atoms with Crippen molar-refractivity contribution < 1.29 is 20.4 Å². The van der Waals surface area contributed by atoms with Crippen molar-refractivity contribution in [2.75, 3.05) is 0 Å². The summed E-state index contributed by atoms with van der Waals surface area (Å²) in [6.45, 7) is 3.23. The second-order valence-corrected chi connectivity index (χ2v) is 3.28. The summed E-state index contributed by atoms with van der Waals surface area (Å²) in [4.78, 5) is 3.50. The molecular weight excluding hydrogens is 210 g/mol. The van der Waals surface area contributed by atoms with E-state index in [4.69, 9.17) is 0 Å². The average Bonchev–Trinajstić information content (AvgIpc) is 2.26. The van der Waals surface area contributed by atoms with Crippen molar-refractivity contribution in [3.05, 3.63) is 18.2 Å². The van der Waals surface area contributed by atoms with Gasteiger partial charge in [0.15, 0.2) is 5.75 Å². The second kappa shape index (κ2) is 3.30. The van der Waals surface area contributed by atoms with Gasteiger partial charge in [0.1, 0.15) is 22.9 Å². The molecule has 0 amide bonds. The molecule has 0 heterocycles. The lowest BCUT2D eigenvalue weighted by Crippen LogP contribution is -1.80. The van der Waals surface area contributed by atoms with Crippen molar-refractivity contribution in [3.8, 4) is 23.0 Å². The molecule has 0 aliphatic carbocycles. The van der Waals surface area contributed by atoms with Crippen molar-refractivity contribution in [3.63, 3.8) is 0 Å². The van der Waals surface area contributed by atoms with Crippen molar-refractivity contribution in [1.29, 1.82) is 0 Å². The number of aliphatic imine (C=N–C) groups is 1. The van der Waals surface area contributed by atoms with E-state index < -0.39 is 0 Å². The van der Waals surface area contributed by atoms with E-state index in [9.17, 15) is 20.4 Å². The molecule has 0 aliphatic rings. The van der Waals surface area contributed by atoms with Crippen LogP contribution in [0.5, 0.6) is 23.0 Å². The number of fused-ring (bicyclic) bond motifs is 1. The van der Waals surface area contributed by atoms with E-state index in [1.54, 1.807) is 0 Å². The van der Waals surface area contributed by atoms with Crippen LogP contribution in [0.25, 0.3) is 10.8 Å². The third kappa shape index (κ3) is 1.22. The van der Waals surface area contributed by atoms with Crippen LogP contribution in [0.2, 0.25) is 0 Å². The third-order valence-electron chi connectivity index (χ3n) is 2.34. The molecule has 2 aromatic carbocycles. The largest absolute Gasteiger partial charge is 0.507 e. The Hall–Kier alpha value is -2.43. The highest BCUT2D eigenvalue weighted by Crippen LogP contribution is 2.47. The van der Waals surface area contributed by atoms with Crippen molar-refractivity contribution in [2.24, 2.45) is 4.99 Å². The third-order valence-corrected chi connectivity index (χ3v) is 2.34. The minimum Gasteiger partial charge on any atom is -0.507 e. The number of rotatable bonds is 1. The van der Waals surface area contributed by atoms with E-state index >= 15 is 0 Å². The normalized spacial score (nSPS) is 10.5. The van der Waals surface area contributed by atoms with Gasteiger partial charge in [0.25, 0.3) is 0 Å². The summed E-state index contributed by atoms with van der Waals surface area (Å²) in [5.74, 6) is -1.12. The molecule has 0 saturated carbocycles. The lowest BCUT2D eigenvalue weighted by Gasteiger charge is -2.09. The first-order valence-corrected chi connectivity index (χ1v) is 4.42. The molecule has 0 aromatic heterocycles. The first-order chi connectivity index (χ1) is 7.56. The molecule has 0 atom stereocenters. The molecule has 0 saturated heterocycles. The van der Waals surface area contributed by atoms with Crippen LogP contribution in [0.3, 0.4) is 0 Å². The second-order valence-electron chi connectivity index (χ2n) is 3.28. The maximum atomic E-state index is 9.76. The van der Waals surface area contributed by atoms with Gasteiger partial charge in [-0.2, -0.15) is 0 Å². The molecule has 2 aromatic rings. The molecule has 82 valence electrons. The Balaban J connectivity index is 3.06. The SMILES string of the molecule is C=Nc1cc(O)c2c(O)ccc(O)c2c1O. The van der Waals surface area contributed by atoms with Gasteiger partial charge in [0, 0.05) is 6.07 Å². The highest BCUT2D eigenvalue weighted by molar-refractivity contribution is 6.04. The Kier molecular flexibility index (Phi) is 2.09. The Labute approximate surface area is 90.6 Å². The highest BCUT2D eigenvalue weighted by atomic mass is 16.3. The molecule has 16 heavy (non-hydrogen) atoms. The van der Waals surface area contributed by atoms with Crippen LogP contribution in [0.1, 0.15) is 0 Å². The van der Waals surface area contributed by atoms with Crippen molar-refractivity contribution in [1.82, 2.24) is 0 Å². The molecule has 0 fully saturated rings. The molecule has 0 radical (unpaired) electrons. The predicted molar refractivity (Wildman–Crippen MR) is 59.8 cm³/mol. The quantitative estimate of drug-likeness (QED) is 0.436. The highest BCUT2D eigenvalue weighted by Gasteiger charge is 2.16. The summed E-state index contributed by atoms with van der Waals surface area (Å²) in [6, 6.07) is 3.59. The number of hydrogen-bond acceptors (Lipinski definition) is 5. The van der Waals surface area contributed by atoms with Crippen LogP contribution in [-0.4, -0.2) is 27.1 Å². The first kappa shape index (κ1) is 10.1. The topological polar surface area (TPSA) is 93.3 Å². The predicted octanol–water partition coefficient (Wildman–Crippen LogP) is 1.99. The molecule has 4 N–H and O–H groups in total. The minimum absolute atomic E-state index is 0.0232. The lowest BCUT2D eigenvalue weighted by molar-refractivity contribution is 0.448. The smallest absolute Gasteiger partial charge is 0.153 e. The fourth-order valence-electron chi connectivity index (χ4n) is 1.60. The Morgan fingerprint density at radius 3 is 2.00 bits per heavy atom. The zero-order valence-electron chi connectivity index (χ0n) is 8.18. The molecule has 0 spiro atoms.